The van der Waals surface area contributed by atoms with Crippen LogP contribution in [0.25, 0.3) is 0 Å². The van der Waals surface area contributed by atoms with Crippen LogP contribution in [0.15, 0.2) is 0 Å². The van der Waals surface area contributed by atoms with Crippen molar-refractivity contribution in [2.24, 2.45) is 0 Å². The van der Waals surface area contributed by atoms with Crippen LogP contribution < -0.4 is 5.32 Å². The van der Waals surface area contributed by atoms with Gasteiger partial charge in [-0.05, 0) is 33.4 Å². The summed E-state index contributed by atoms with van der Waals surface area (Å²) in [5.74, 6) is 0. The van der Waals surface area contributed by atoms with Gasteiger partial charge in [-0.15, -0.1) is 0 Å². The molecule has 0 amide bonds. The molecule has 0 heterocycles. The fourth-order valence-corrected chi connectivity index (χ4v) is 2.88. The number of hydrogen-bond acceptors (Lipinski definition) is 3. The quantitative estimate of drug-likeness (QED) is 0.725. The highest BCUT2D eigenvalue weighted by molar-refractivity contribution is 4.91. The molecule has 0 radical (unpaired) electrons. The van der Waals surface area contributed by atoms with Crippen molar-refractivity contribution in [1.82, 2.24) is 10.2 Å². The Labute approximate surface area is 94.2 Å². The number of methoxy groups -OCH3 is 1. The fraction of sp³-hybridized carbons (Fsp3) is 1.00. The molecule has 1 N–H and O–H groups in total. The smallest absolute Gasteiger partial charge is 0.0615 e. The zero-order chi connectivity index (χ0) is 11.3. The number of rotatable bonds is 6. The van der Waals surface area contributed by atoms with E-state index in [4.69, 9.17) is 4.74 Å². The van der Waals surface area contributed by atoms with Crippen LogP contribution in [0.1, 0.15) is 33.1 Å². The van der Waals surface area contributed by atoms with Gasteiger partial charge in [0.05, 0.1) is 6.61 Å². The van der Waals surface area contributed by atoms with E-state index in [1.54, 1.807) is 7.11 Å². The first-order valence-electron chi connectivity index (χ1n) is 6.16. The van der Waals surface area contributed by atoms with Crippen molar-refractivity contribution in [2.75, 3.05) is 27.3 Å². The molecule has 0 spiro atoms. The van der Waals surface area contributed by atoms with Gasteiger partial charge < -0.3 is 10.1 Å². The molecule has 0 aromatic heterocycles. The van der Waals surface area contributed by atoms with Crippen LogP contribution in [-0.2, 0) is 4.74 Å². The normalized spacial score (nSPS) is 28.6. The number of ether oxygens (including phenoxy) is 1. The average molecular weight is 214 g/mol. The van der Waals surface area contributed by atoms with E-state index in [1.807, 2.05) is 0 Å². The van der Waals surface area contributed by atoms with Gasteiger partial charge in [0.1, 0.15) is 0 Å². The van der Waals surface area contributed by atoms with E-state index in [0.717, 1.165) is 13.2 Å². The third kappa shape index (κ3) is 3.16. The van der Waals surface area contributed by atoms with Crippen molar-refractivity contribution in [3.63, 3.8) is 0 Å². The van der Waals surface area contributed by atoms with Crippen LogP contribution >= 0.6 is 0 Å². The van der Waals surface area contributed by atoms with Crippen LogP contribution in [0.2, 0.25) is 0 Å². The monoisotopic (exact) mass is 214 g/mol. The summed E-state index contributed by atoms with van der Waals surface area (Å²) in [7, 11) is 3.87. The molecule has 3 heteroatoms. The van der Waals surface area contributed by atoms with Gasteiger partial charge >= 0.3 is 0 Å². The SMILES string of the molecule is CCN(C(C)COC)C1CCCC1NC. The molecule has 1 rings (SSSR count). The van der Waals surface area contributed by atoms with E-state index >= 15 is 0 Å². The summed E-state index contributed by atoms with van der Waals surface area (Å²) in [6.45, 7) is 6.46. The lowest BCUT2D eigenvalue weighted by molar-refractivity contribution is 0.0667. The molecular formula is C12H26N2O. The van der Waals surface area contributed by atoms with Gasteiger partial charge in [-0.2, -0.15) is 0 Å². The van der Waals surface area contributed by atoms with E-state index in [9.17, 15) is 0 Å². The maximum absolute atomic E-state index is 5.25. The summed E-state index contributed by atoms with van der Waals surface area (Å²) < 4.78 is 5.25. The molecule has 3 atom stereocenters. The number of likely N-dealkylation sites (N-methyl/N-ethyl adjacent to an activating group) is 2. The highest BCUT2D eigenvalue weighted by Gasteiger charge is 2.32. The summed E-state index contributed by atoms with van der Waals surface area (Å²) in [5.41, 5.74) is 0. The molecule has 0 aromatic rings. The second-order valence-corrected chi connectivity index (χ2v) is 4.53. The molecular weight excluding hydrogens is 188 g/mol. The number of nitrogens with one attached hydrogen (secondary N) is 1. The molecule has 3 nitrogen and oxygen atoms in total. The number of nitrogens with zero attached hydrogens (tertiary/aromatic N) is 1. The Morgan fingerprint density at radius 1 is 1.47 bits per heavy atom. The first kappa shape index (κ1) is 12.9. The van der Waals surface area contributed by atoms with Crippen LogP contribution in [0, 0.1) is 0 Å². The maximum atomic E-state index is 5.25. The zero-order valence-corrected chi connectivity index (χ0v) is 10.6. The topological polar surface area (TPSA) is 24.5 Å². The molecule has 3 unspecified atom stereocenters. The molecule has 0 aliphatic heterocycles. The Bertz CT molecular complexity index is 175. The fourth-order valence-electron chi connectivity index (χ4n) is 2.88. The van der Waals surface area contributed by atoms with Gasteiger partial charge in [-0.25, -0.2) is 0 Å². The minimum absolute atomic E-state index is 0.527. The van der Waals surface area contributed by atoms with Crippen LogP contribution in [0.5, 0.6) is 0 Å². The van der Waals surface area contributed by atoms with Crippen molar-refractivity contribution in [3.8, 4) is 0 Å². The first-order valence-corrected chi connectivity index (χ1v) is 6.16. The summed E-state index contributed by atoms with van der Waals surface area (Å²) >= 11 is 0. The van der Waals surface area contributed by atoms with Crippen LogP contribution in [0.3, 0.4) is 0 Å². The van der Waals surface area contributed by atoms with Crippen molar-refractivity contribution in [3.05, 3.63) is 0 Å². The van der Waals surface area contributed by atoms with Gasteiger partial charge in [0, 0.05) is 25.2 Å². The highest BCUT2D eigenvalue weighted by atomic mass is 16.5. The van der Waals surface area contributed by atoms with E-state index in [1.165, 1.54) is 19.3 Å². The predicted octanol–water partition coefficient (Wildman–Crippen LogP) is 1.48. The minimum Gasteiger partial charge on any atom is -0.383 e. The standard InChI is InChI=1S/C12H26N2O/c1-5-14(10(2)9-15-4)12-8-6-7-11(12)13-3/h10-13H,5-9H2,1-4H3. The minimum atomic E-state index is 0.527. The highest BCUT2D eigenvalue weighted by Crippen LogP contribution is 2.25. The molecule has 15 heavy (non-hydrogen) atoms. The first-order chi connectivity index (χ1) is 7.24. The predicted molar refractivity (Wildman–Crippen MR) is 64.2 cm³/mol. The second-order valence-electron chi connectivity index (χ2n) is 4.53. The largest absolute Gasteiger partial charge is 0.383 e. The molecule has 0 aromatic carbocycles. The Morgan fingerprint density at radius 2 is 2.20 bits per heavy atom. The Hall–Kier alpha value is -0.120. The van der Waals surface area contributed by atoms with Crippen LogP contribution in [0.4, 0.5) is 0 Å². The van der Waals surface area contributed by atoms with Gasteiger partial charge in [-0.1, -0.05) is 13.3 Å². The Kier molecular flexibility index (Phi) is 5.58. The molecule has 0 bridgehead atoms. The summed E-state index contributed by atoms with van der Waals surface area (Å²) in [6.07, 6.45) is 4.00. The Morgan fingerprint density at radius 3 is 2.73 bits per heavy atom. The molecule has 1 aliphatic rings. The summed E-state index contributed by atoms with van der Waals surface area (Å²) in [5, 5.41) is 3.44. The van der Waals surface area contributed by atoms with E-state index in [-0.39, 0.29) is 0 Å². The maximum Gasteiger partial charge on any atom is 0.0615 e. The van der Waals surface area contributed by atoms with Gasteiger partial charge in [-0.3, -0.25) is 4.90 Å². The van der Waals surface area contributed by atoms with E-state index in [2.05, 4.69) is 31.1 Å². The lowest BCUT2D eigenvalue weighted by Gasteiger charge is -2.36. The number of hydrogen-bond donors (Lipinski definition) is 1. The molecule has 90 valence electrons. The van der Waals surface area contributed by atoms with Crippen molar-refractivity contribution in [2.45, 2.75) is 51.2 Å². The van der Waals surface area contributed by atoms with Crippen LogP contribution in [-0.4, -0.2) is 50.3 Å². The third-order valence-electron chi connectivity index (χ3n) is 3.62. The van der Waals surface area contributed by atoms with Crippen molar-refractivity contribution < 1.29 is 4.74 Å². The van der Waals surface area contributed by atoms with Gasteiger partial charge in [0.15, 0.2) is 0 Å². The lowest BCUT2D eigenvalue weighted by atomic mass is 10.1. The molecule has 0 saturated heterocycles. The van der Waals surface area contributed by atoms with E-state index in [0.29, 0.717) is 18.1 Å². The lowest BCUT2D eigenvalue weighted by Crippen LogP contribution is -2.50. The Balaban J connectivity index is 2.56. The van der Waals surface area contributed by atoms with Gasteiger partial charge in [0.2, 0.25) is 0 Å². The molecule has 1 saturated carbocycles. The second kappa shape index (κ2) is 6.46. The summed E-state index contributed by atoms with van der Waals surface area (Å²) in [6, 6.07) is 1.90. The van der Waals surface area contributed by atoms with Crippen molar-refractivity contribution >= 4 is 0 Å². The average Bonchev–Trinajstić information content (AvgIpc) is 2.67. The molecule has 1 aliphatic carbocycles. The zero-order valence-electron chi connectivity index (χ0n) is 10.6. The van der Waals surface area contributed by atoms with Crippen molar-refractivity contribution in [1.29, 1.82) is 0 Å². The van der Waals surface area contributed by atoms with E-state index < -0.39 is 0 Å². The molecule has 1 fully saturated rings. The summed E-state index contributed by atoms with van der Waals surface area (Å²) in [4.78, 5) is 2.58. The third-order valence-corrected chi connectivity index (χ3v) is 3.62. The van der Waals surface area contributed by atoms with Gasteiger partial charge in [0.25, 0.3) is 0 Å².